The van der Waals surface area contributed by atoms with Crippen molar-refractivity contribution in [1.82, 2.24) is 14.8 Å². The van der Waals surface area contributed by atoms with E-state index in [0.29, 0.717) is 62.3 Å². The summed E-state index contributed by atoms with van der Waals surface area (Å²) in [5.74, 6) is 0.0166. The smallest absolute Gasteiger partial charge is 0.410 e. The molecule has 5 aromatic rings. The van der Waals surface area contributed by atoms with Crippen LogP contribution < -0.4 is 34.7 Å². The van der Waals surface area contributed by atoms with Crippen molar-refractivity contribution in [3.63, 3.8) is 0 Å². The molecule has 16 nitrogen and oxygen atoms in total. The predicted octanol–water partition coefficient (Wildman–Crippen LogP) is 13.4. The lowest BCUT2D eigenvalue weighted by molar-refractivity contribution is 0.0241. The average Bonchev–Trinajstić information content (AvgIpc) is 3.78. The standard InChI is InChI=1S/C27H33FN4O5S.C16H26N2O3S.C9H8BrFO2.2C2H6/c1-6-32(26(34)37-27(2,3)4)14-7-15-36-19-11-9-18(10-12-19)30-25-31-24(29)23(38-25)22(33)17-8-13-21(35-5)20(28)16-17;1-5-18(15(19)21-16(2,3)4)11-6-12-20-14-9-7-13(17-22)8-10-14;1-13-9-3-2-6(4-7(9)11)8(12)5-10;2*1-2/h8-13,16H,6-7,14-15,29H2,1-5H3,(H,30,31);7-10,17,22H,5-6,11-12H2,1-4H3;2-4H,5H2,1H3;2*1-2H3/p+1. The lowest BCUT2D eigenvalue weighted by Crippen LogP contribution is -2.37. The van der Waals surface area contributed by atoms with Crippen molar-refractivity contribution in [3.05, 3.63) is 113 Å². The topological polar surface area (TPSA) is 193 Å². The number of nitrogen functional groups attached to an aromatic ring is 1. The molecule has 2 amide bonds. The summed E-state index contributed by atoms with van der Waals surface area (Å²) in [7, 11) is 2.73. The molecule has 4 aromatic carbocycles. The summed E-state index contributed by atoms with van der Waals surface area (Å²) in [5, 5.41) is 3.74. The number of halogens is 3. The Morgan fingerprint density at radius 1 is 0.675 bits per heavy atom. The third-order valence-corrected chi connectivity index (χ3v) is 11.5. The first-order chi connectivity index (χ1) is 36.5. The molecule has 1 heterocycles. The third kappa shape index (κ3) is 25.6. The number of benzene rings is 4. The van der Waals surface area contributed by atoms with Gasteiger partial charge in [0.25, 0.3) is 0 Å². The molecule has 0 aliphatic carbocycles. The van der Waals surface area contributed by atoms with Gasteiger partial charge in [0.15, 0.2) is 34.0 Å². The van der Waals surface area contributed by atoms with Gasteiger partial charge in [-0.1, -0.05) is 55.0 Å². The van der Waals surface area contributed by atoms with Crippen molar-refractivity contribution in [2.75, 3.05) is 74.7 Å². The van der Waals surface area contributed by atoms with Crippen LogP contribution in [0.3, 0.4) is 0 Å². The first-order valence-electron chi connectivity index (χ1n) is 25.2. The zero-order valence-electron chi connectivity index (χ0n) is 47.0. The molecular weight excluding hydrogens is 1100 g/mol. The fourth-order valence-electron chi connectivity index (χ4n) is 6.10. The number of carbonyl (C=O) groups excluding carboxylic acids is 4. The number of nitrogens with two attached hydrogens (primary N) is 1. The van der Waals surface area contributed by atoms with Crippen molar-refractivity contribution in [1.29, 1.82) is 0 Å². The van der Waals surface area contributed by atoms with Gasteiger partial charge in [-0.3, -0.25) is 9.59 Å². The highest BCUT2D eigenvalue weighted by Crippen LogP contribution is 2.31. The van der Waals surface area contributed by atoms with Crippen LogP contribution in [0.5, 0.6) is 23.0 Å². The quantitative estimate of drug-likeness (QED) is 0.0272. The summed E-state index contributed by atoms with van der Waals surface area (Å²) in [5.41, 5.74) is 7.15. The molecule has 5 rings (SSSR count). The molecule has 0 aliphatic rings. The van der Waals surface area contributed by atoms with Crippen LogP contribution in [-0.4, -0.2) is 109 Å². The third-order valence-electron chi connectivity index (χ3n) is 9.72. The van der Waals surface area contributed by atoms with Gasteiger partial charge in [0.05, 0.1) is 51.3 Å². The lowest BCUT2D eigenvalue weighted by atomic mass is 10.1. The Morgan fingerprint density at radius 2 is 1.09 bits per heavy atom. The first-order valence-corrected chi connectivity index (χ1v) is 27.7. The highest BCUT2D eigenvalue weighted by molar-refractivity contribution is 9.09. The molecule has 21 heteroatoms. The number of amides is 2. The van der Waals surface area contributed by atoms with E-state index in [1.54, 1.807) is 21.9 Å². The van der Waals surface area contributed by atoms with E-state index in [1.165, 1.54) is 44.6 Å². The Morgan fingerprint density at radius 3 is 1.47 bits per heavy atom. The monoisotopic (exact) mass is 1180 g/mol. The molecule has 0 spiro atoms. The minimum absolute atomic E-state index is 0.0531. The molecule has 0 radical (unpaired) electrons. The van der Waals surface area contributed by atoms with E-state index in [9.17, 15) is 28.0 Å². The van der Waals surface area contributed by atoms with E-state index in [4.69, 9.17) is 34.2 Å². The summed E-state index contributed by atoms with van der Waals surface area (Å²) in [4.78, 5) is 55.9. The lowest BCUT2D eigenvalue weighted by Gasteiger charge is -2.26. The Labute approximate surface area is 472 Å². The number of thiazole rings is 1. The summed E-state index contributed by atoms with van der Waals surface area (Å²) in [6, 6.07) is 23.0. The maximum absolute atomic E-state index is 14.0. The zero-order chi connectivity index (χ0) is 58.3. The molecule has 0 saturated heterocycles. The summed E-state index contributed by atoms with van der Waals surface area (Å²) < 4.78 is 61.8. The van der Waals surface area contributed by atoms with Crippen LogP contribution in [0.4, 0.5) is 40.7 Å². The van der Waals surface area contributed by atoms with Crippen LogP contribution in [0, 0.1) is 11.6 Å². The highest BCUT2D eigenvalue weighted by atomic mass is 79.9. The summed E-state index contributed by atoms with van der Waals surface area (Å²) in [6.07, 6.45) is 0.799. The number of hydrogen-bond donors (Lipinski definition) is 3. The second kappa shape index (κ2) is 35.9. The molecule has 0 bridgehead atoms. The van der Waals surface area contributed by atoms with Crippen LogP contribution in [-0.2, 0) is 22.3 Å². The Balaban J connectivity index is 0.000000637. The number of anilines is 4. The number of alkyl halides is 1. The molecule has 0 fully saturated rings. The second-order valence-corrected chi connectivity index (χ2v) is 19.5. The van der Waals surface area contributed by atoms with Crippen molar-refractivity contribution in [3.8, 4) is 23.0 Å². The number of aromatic nitrogens is 1. The van der Waals surface area contributed by atoms with E-state index in [-0.39, 0.29) is 51.1 Å². The van der Waals surface area contributed by atoms with Gasteiger partial charge in [-0.25, -0.2) is 28.1 Å². The van der Waals surface area contributed by atoms with Crippen LogP contribution in [0.2, 0.25) is 0 Å². The average molecular weight is 1180 g/mol. The minimum Gasteiger partial charge on any atom is -0.494 e. The number of hydrogen-bond acceptors (Lipinski definition) is 15. The molecule has 426 valence electrons. The highest BCUT2D eigenvalue weighted by Gasteiger charge is 2.23. The van der Waals surface area contributed by atoms with E-state index in [2.05, 4.69) is 43.8 Å². The summed E-state index contributed by atoms with van der Waals surface area (Å²) >= 11 is 7.30. The molecular formula is C56H80BrF2N6O10S2+. The fourth-order valence-corrected chi connectivity index (χ4v) is 7.45. The van der Waals surface area contributed by atoms with Crippen molar-refractivity contribution in [2.24, 2.45) is 0 Å². The van der Waals surface area contributed by atoms with Crippen molar-refractivity contribution >= 4 is 86.2 Å². The first kappa shape index (κ1) is 68.7. The molecule has 0 unspecified atom stereocenters. The van der Waals surface area contributed by atoms with E-state index in [0.717, 1.165) is 40.9 Å². The number of Topliss-reactive ketones (excluding diaryl/α,β-unsaturated/α-hetero) is 1. The van der Waals surface area contributed by atoms with Gasteiger partial charge in [0.1, 0.15) is 33.4 Å². The molecule has 0 atom stereocenters. The predicted molar refractivity (Wildman–Crippen MR) is 314 cm³/mol. The fraction of sp³-hybridized carbons (Fsp3) is 0.446. The van der Waals surface area contributed by atoms with E-state index in [1.807, 2.05) is 119 Å². The molecule has 77 heavy (non-hydrogen) atoms. The number of nitrogens with one attached hydrogen (secondary N) is 2. The van der Waals surface area contributed by atoms with Gasteiger partial charge in [0, 0.05) is 43.0 Å². The van der Waals surface area contributed by atoms with Gasteiger partial charge in [-0.05, 0) is 153 Å². The molecule has 4 N–H and O–H groups in total. The number of ether oxygens (including phenoxy) is 6. The van der Waals surface area contributed by atoms with Gasteiger partial charge < -0.3 is 49.3 Å². The maximum atomic E-state index is 14.0. The number of methoxy groups -OCH3 is 2. The zero-order valence-corrected chi connectivity index (χ0v) is 50.4. The van der Waals surface area contributed by atoms with E-state index >= 15 is 0 Å². The summed E-state index contributed by atoms with van der Waals surface area (Å²) in [6.45, 7) is 26.3. The van der Waals surface area contributed by atoms with Crippen LogP contribution >= 0.6 is 27.3 Å². The van der Waals surface area contributed by atoms with Crippen molar-refractivity contribution < 1.29 is 56.4 Å². The minimum atomic E-state index is -0.632. The van der Waals surface area contributed by atoms with Gasteiger partial charge in [-0.2, -0.15) is 0 Å². The molecule has 0 saturated carbocycles. The number of nitrogens with zero attached hydrogens (tertiary/aromatic N) is 3. The largest absolute Gasteiger partial charge is 0.494 e. The molecule has 0 aliphatic heterocycles. The number of ketones is 2. The van der Waals surface area contributed by atoms with Crippen molar-refractivity contribution in [2.45, 2.75) is 107 Å². The van der Waals surface area contributed by atoms with Crippen LogP contribution in [0.15, 0.2) is 84.9 Å². The van der Waals surface area contributed by atoms with Crippen LogP contribution in [0.1, 0.15) is 122 Å². The second-order valence-electron chi connectivity index (χ2n) is 17.6. The van der Waals surface area contributed by atoms with Gasteiger partial charge >= 0.3 is 12.2 Å². The Kier molecular flexibility index (Phi) is 32.0. The van der Waals surface area contributed by atoms with Gasteiger partial charge in [-0.15, -0.1) is 0 Å². The Bertz CT molecular complexity index is 2540. The Hall–Kier alpha value is -6.32. The maximum Gasteiger partial charge on any atom is 0.410 e. The normalized spacial score (nSPS) is 10.4. The number of rotatable bonds is 21. The van der Waals surface area contributed by atoms with Gasteiger partial charge in [0.2, 0.25) is 5.78 Å². The van der Waals surface area contributed by atoms with E-state index < -0.39 is 28.6 Å². The SMILES string of the molecule is CC.CC.CCN(CCCOc1ccc(N[SH2+])cc1)C(=O)OC(C)(C)C.CCN(CCCOc1ccc(Nc2nc(N)c(C(=O)c3ccc(OC)c(F)c3)s2)cc1)C(=O)OC(C)(C)C.COc1ccc(C(=O)CBr)cc1F. The number of carbonyl (C=O) groups is 4. The van der Waals surface area contributed by atoms with Crippen LogP contribution in [0.25, 0.3) is 0 Å². The molecule has 1 aromatic heterocycles.